The van der Waals surface area contributed by atoms with Crippen molar-refractivity contribution >= 4 is 29.9 Å². The summed E-state index contributed by atoms with van der Waals surface area (Å²) in [5.41, 5.74) is 0.373. The van der Waals surface area contributed by atoms with Gasteiger partial charge >= 0.3 is 6.18 Å². The number of nitrogens with zero attached hydrogens (tertiary/aromatic N) is 2. The maximum absolute atomic E-state index is 12.6. The minimum Gasteiger partial charge on any atom is -0.457 e. The number of hydrogen-bond donors (Lipinski definition) is 1. The van der Waals surface area contributed by atoms with E-state index in [1.54, 1.807) is 12.1 Å². The summed E-state index contributed by atoms with van der Waals surface area (Å²) < 4.78 is 43.3. The van der Waals surface area contributed by atoms with E-state index in [0.717, 1.165) is 43.3 Å². The number of nitrogens with one attached hydrogen (secondary N) is 1. The van der Waals surface area contributed by atoms with Crippen molar-refractivity contribution in [3.05, 3.63) is 59.7 Å². The van der Waals surface area contributed by atoms with Gasteiger partial charge < -0.3 is 15.0 Å². The molecule has 0 aliphatic carbocycles. The molecular weight excluding hydrogens is 470 g/mol. The van der Waals surface area contributed by atoms with Crippen LogP contribution in [0.15, 0.2) is 53.5 Å². The van der Waals surface area contributed by atoms with Gasteiger partial charge in [-0.1, -0.05) is 12.1 Å². The fraction of sp³-hybridized carbons (Fsp3) is 0.316. The second kappa shape index (κ2) is 9.29. The Labute approximate surface area is 173 Å². The molecule has 27 heavy (non-hydrogen) atoms. The fourth-order valence-corrected chi connectivity index (χ4v) is 2.66. The maximum atomic E-state index is 12.6. The van der Waals surface area contributed by atoms with E-state index in [-0.39, 0.29) is 24.0 Å². The minimum atomic E-state index is -4.34. The summed E-state index contributed by atoms with van der Waals surface area (Å²) >= 11 is 0. The lowest BCUT2D eigenvalue weighted by molar-refractivity contribution is -0.137. The normalized spacial score (nSPS) is 13.8. The lowest BCUT2D eigenvalue weighted by Gasteiger charge is -2.18. The number of rotatable bonds is 5. The monoisotopic (exact) mass is 491 g/mol. The van der Waals surface area contributed by atoms with Crippen LogP contribution in [-0.2, 0) is 12.7 Å². The summed E-state index contributed by atoms with van der Waals surface area (Å²) in [5, 5.41) is 3.32. The van der Waals surface area contributed by atoms with Gasteiger partial charge in [0, 0.05) is 19.6 Å². The summed E-state index contributed by atoms with van der Waals surface area (Å²) in [6, 6.07) is 12.1. The quantitative estimate of drug-likeness (QED) is 0.605. The van der Waals surface area contributed by atoms with Crippen LogP contribution in [0, 0.1) is 0 Å². The highest BCUT2D eigenvalue weighted by Gasteiger charge is 2.30. The number of halogens is 4. The molecule has 0 saturated heterocycles. The second-order valence-corrected chi connectivity index (χ2v) is 5.91. The van der Waals surface area contributed by atoms with Crippen LogP contribution in [0.4, 0.5) is 13.2 Å². The number of aliphatic imine (C=N–C) groups is 1. The third-order valence-corrected chi connectivity index (χ3v) is 4.10. The second-order valence-electron chi connectivity index (χ2n) is 5.91. The molecule has 0 fully saturated rings. The summed E-state index contributed by atoms with van der Waals surface area (Å²) in [6.45, 7) is 5.42. The van der Waals surface area contributed by atoms with Gasteiger partial charge in [-0.05, 0) is 48.9 Å². The smallest absolute Gasteiger partial charge is 0.416 e. The standard InChI is InChI=1S/C19H20F3N3O.HI/c1-2-25-12-11-23-18(25)24-13-14-3-7-16(8-4-14)26-17-9-5-15(6-10-17)19(20,21)22;/h3-10H,2,11-13H2,1H3,(H,23,24);1H. The molecule has 0 radical (unpaired) electrons. The van der Waals surface area contributed by atoms with Crippen LogP contribution in [0.1, 0.15) is 18.1 Å². The Kier molecular flexibility index (Phi) is 7.34. The highest BCUT2D eigenvalue weighted by Crippen LogP contribution is 2.31. The molecule has 1 heterocycles. The predicted molar refractivity (Wildman–Crippen MR) is 110 cm³/mol. The molecule has 0 saturated carbocycles. The number of ether oxygens (including phenoxy) is 1. The molecule has 2 aromatic carbocycles. The number of likely N-dealkylation sites (N-methyl/N-ethyl adjacent to an activating group) is 1. The van der Waals surface area contributed by atoms with Crippen molar-refractivity contribution in [1.29, 1.82) is 0 Å². The zero-order valence-electron chi connectivity index (χ0n) is 14.8. The van der Waals surface area contributed by atoms with E-state index >= 15 is 0 Å². The third-order valence-electron chi connectivity index (χ3n) is 4.10. The Hall–Kier alpha value is -1.97. The van der Waals surface area contributed by atoms with Crippen LogP contribution in [0.3, 0.4) is 0 Å². The first-order valence-electron chi connectivity index (χ1n) is 8.43. The number of hydrogen-bond acceptors (Lipinski definition) is 4. The van der Waals surface area contributed by atoms with E-state index in [1.807, 2.05) is 12.1 Å². The summed E-state index contributed by atoms with van der Waals surface area (Å²) in [7, 11) is 0. The molecule has 1 aliphatic heterocycles. The molecule has 146 valence electrons. The van der Waals surface area contributed by atoms with Crippen LogP contribution in [0.5, 0.6) is 11.5 Å². The van der Waals surface area contributed by atoms with Gasteiger partial charge in [0.1, 0.15) is 11.5 Å². The molecule has 4 nitrogen and oxygen atoms in total. The van der Waals surface area contributed by atoms with Crippen molar-refractivity contribution in [3.63, 3.8) is 0 Å². The molecule has 1 N–H and O–H groups in total. The first-order valence-corrected chi connectivity index (χ1v) is 8.43. The van der Waals surface area contributed by atoms with E-state index in [4.69, 9.17) is 4.74 Å². The highest BCUT2D eigenvalue weighted by atomic mass is 127. The van der Waals surface area contributed by atoms with Crippen LogP contribution in [0.2, 0.25) is 0 Å². The molecule has 0 bridgehead atoms. The van der Waals surface area contributed by atoms with Crippen molar-refractivity contribution in [2.24, 2.45) is 4.99 Å². The van der Waals surface area contributed by atoms with Gasteiger partial charge in [0.25, 0.3) is 0 Å². The zero-order chi connectivity index (χ0) is 18.6. The van der Waals surface area contributed by atoms with E-state index in [0.29, 0.717) is 18.0 Å². The molecule has 0 unspecified atom stereocenters. The fourth-order valence-electron chi connectivity index (χ4n) is 2.66. The Morgan fingerprint density at radius 2 is 1.63 bits per heavy atom. The molecule has 0 atom stereocenters. The first-order chi connectivity index (χ1) is 12.5. The lowest BCUT2D eigenvalue weighted by Crippen LogP contribution is -2.37. The van der Waals surface area contributed by atoms with Crippen molar-refractivity contribution in [2.45, 2.75) is 19.6 Å². The number of benzene rings is 2. The number of alkyl halides is 3. The molecular formula is C19H21F3IN3O. The van der Waals surface area contributed by atoms with Gasteiger partial charge in [-0.15, -0.1) is 24.0 Å². The molecule has 0 amide bonds. The molecule has 0 spiro atoms. The van der Waals surface area contributed by atoms with Crippen LogP contribution in [0.25, 0.3) is 0 Å². The van der Waals surface area contributed by atoms with Crippen molar-refractivity contribution in [2.75, 3.05) is 19.6 Å². The highest BCUT2D eigenvalue weighted by molar-refractivity contribution is 14.0. The van der Waals surface area contributed by atoms with E-state index in [9.17, 15) is 13.2 Å². The van der Waals surface area contributed by atoms with Gasteiger partial charge in [-0.3, -0.25) is 4.99 Å². The van der Waals surface area contributed by atoms with Crippen molar-refractivity contribution < 1.29 is 17.9 Å². The summed E-state index contributed by atoms with van der Waals surface area (Å²) in [5.74, 6) is 1.85. The largest absolute Gasteiger partial charge is 0.457 e. The van der Waals surface area contributed by atoms with Crippen LogP contribution < -0.4 is 10.1 Å². The van der Waals surface area contributed by atoms with E-state index < -0.39 is 11.7 Å². The van der Waals surface area contributed by atoms with Gasteiger partial charge in [0.15, 0.2) is 5.96 Å². The van der Waals surface area contributed by atoms with E-state index in [1.165, 1.54) is 12.1 Å². The lowest BCUT2D eigenvalue weighted by atomic mass is 10.2. The van der Waals surface area contributed by atoms with Crippen molar-refractivity contribution in [3.8, 4) is 11.5 Å². The predicted octanol–water partition coefficient (Wildman–Crippen LogP) is 4.90. The Bertz CT molecular complexity index is 761. The molecule has 0 aromatic heterocycles. The summed E-state index contributed by atoms with van der Waals surface area (Å²) in [6.07, 6.45) is -4.34. The Morgan fingerprint density at radius 3 is 2.19 bits per heavy atom. The first kappa shape index (κ1) is 21.3. The maximum Gasteiger partial charge on any atom is 0.416 e. The molecule has 1 aliphatic rings. The zero-order valence-corrected chi connectivity index (χ0v) is 17.1. The minimum absolute atomic E-state index is 0. The molecule has 8 heteroatoms. The van der Waals surface area contributed by atoms with Crippen LogP contribution >= 0.6 is 24.0 Å². The average Bonchev–Trinajstić information content (AvgIpc) is 3.08. The number of guanidine groups is 1. The van der Waals surface area contributed by atoms with Gasteiger partial charge in [-0.25, -0.2) is 0 Å². The van der Waals surface area contributed by atoms with Gasteiger partial charge in [-0.2, -0.15) is 13.2 Å². The van der Waals surface area contributed by atoms with Crippen molar-refractivity contribution in [1.82, 2.24) is 10.2 Å². The van der Waals surface area contributed by atoms with E-state index in [2.05, 4.69) is 22.1 Å². The topological polar surface area (TPSA) is 36.9 Å². The molecule has 2 aromatic rings. The Balaban J connectivity index is 0.00000261. The Morgan fingerprint density at radius 1 is 1.04 bits per heavy atom. The molecule has 3 rings (SSSR count). The van der Waals surface area contributed by atoms with Crippen LogP contribution in [-0.4, -0.2) is 30.5 Å². The third kappa shape index (κ3) is 5.75. The van der Waals surface area contributed by atoms with Gasteiger partial charge in [0.2, 0.25) is 0 Å². The average molecular weight is 491 g/mol. The SMILES string of the molecule is CCN1CCN=C1NCc1ccc(Oc2ccc(C(F)(F)F)cc2)cc1.I. The van der Waals surface area contributed by atoms with Gasteiger partial charge in [0.05, 0.1) is 12.1 Å². The summed E-state index contributed by atoms with van der Waals surface area (Å²) in [4.78, 5) is 6.61.